The fourth-order valence-corrected chi connectivity index (χ4v) is 2.87. The summed E-state index contributed by atoms with van der Waals surface area (Å²) in [5.74, 6) is -0.144. The van der Waals surface area contributed by atoms with Gasteiger partial charge in [-0.2, -0.15) is 5.26 Å². The number of nitrogens with zero attached hydrogens (tertiary/aromatic N) is 3. The Bertz CT molecular complexity index is 1160. The van der Waals surface area contributed by atoms with Gasteiger partial charge in [0.05, 0.1) is 5.52 Å². The van der Waals surface area contributed by atoms with Crippen LogP contribution < -0.4 is 10.1 Å². The molecule has 0 spiro atoms. The van der Waals surface area contributed by atoms with E-state index in [1.165, 1.54) is 53.1 Å². The first kappa shape index (κ1) is 17.5. The first-order chi connectivity index (χ1) is 12.3. The summed E-state index contributed by atoms with van der Waals surface area (Å²) in [6.07, 6.45) is 0. The maximum Gasteiger partial charge on any atom is 0.524 e. The largest absolute Gasteiger partial charge is 0.524 e. The number of fused-ring (bicyclic) bond motifs is 1. The molecule has 9 nitrogen and oxygen atoms in total. The molecule has 2 aromatic carbocycles. The minimum Gasteiger partial charge on any atom is -0.404 e. The van der Waals surface area contributed by atoms with Crippen LogP contribution in [0.1, 0.15) is 5.56 Å². The molecule has 26 heavy (non-hydrogen) atoms. The molecule has 130 valence electrons. The lowest BCUT2D eigenvalue weighted by Gasteiger charge is -2.13. The van der Waals surface area contributed by atoms with Crippen LogP contribution in [0.25, 0.3) is 16.6 Å². The maximum atomic E-state index is 12.6. The summed E-state index contributed by atoms with van der Waals surface area (Å²) in [5.41, 5.74) is 0.0385. The van der Waals surface area contributed by atoms with Crippen LogP contribution in [0.5, 0.6) is 5.75 Å². The first-order valence-electron chi connectivity index (χ1n) is 7.11. The van der Waals surface area contributed by atoms with Gasteiger partial charge in [0.2, 0.25) is 0 Å². The number of nitriles is 1. The highest BCUT2D eigenvalue weighted by Gasteiger charge is 2.18. The highest BCUT2D eigenvalue weighted by Crippen LogP contribution is 2.38. The van der Waals surface area contributed by atoms with E-state index in [1.54, 1.807) is 0 Å². The van der Waals surface area contributed by atoms with Gasteiger partial charge in [-0.05, 0) is 47.6 Å². The summed E-state index contributed by atoms with van der Waals surface area (Å²) in [6, 6.07) is 13.0. The van der Waals surface area contributed by atoms with E-state index in [0.717, 1.165) is 0 Å². The van der Waals surface area contributed by atoms with Crippen molar-refractivity contribution in [2.24, 2.45) is 5.18 Å². The van der Waals surface area contributed by atoms with Crippen LogP contribution in [0.3, 0.4) is 0 Å². The predicted molar refractivity (Wildman–Crippen MR) is 92.4 cm³/mol. The molecule has 1 aromatic heterocycles. The molecule has 0 aliphatic rings. The lowest BCUT2D eigenvalue weighted by atomic mass is 10.1. The van der Waals surface area contributed by atoms with Crippen LogP contribution in [0, 0.1) is 16.2 Å². The molecule has 2 N–H and O–H groups in total. The molecule has 0 atom stereocenters. The van der Waals surface area contributed by atoms with Crippen molar-refractivity contribution in [2.75, 3.05) is 0 Å². The van der Waals surface area contributed by atoms with E-state index in [9.17, 15) is 19.5 Å². The van der Waals surface area contributed by atoms with E-state index in [2.05, 4.69) is 9.70 Å². The molecule has 0 fully saturated rings. The summed E-state index contributed by atoms with van der Waals surface area (Å²) in [5, 5.41) is 12.5. The van der Waals surface area contributed by atoms with Crippen molar-refractivity contribution < 1.29 is 18.9 Å². The lowest BCUT2D eigenvalue weighted by Crippen LogP contribution is -2.21. The molecule has 1 heterocycles. The average Bonchev–Trinajstić information content (AvgIpc) is 2.60. The Morgan fingerprint density at radius 3 is 2.38 bits per heavy atom. The van der Waals surface area contributed by atoms with E-state index in [1.807, 2.05) is 6.07 Å². The third kappa shape index (κ3) is 3.38. The minimum absolute atomic E-state index is 0.112. The quantitative estimate of drug-likeness (QED) is 0.530. The topological polar surface area (TPSA) is 142 Å². The predicted octanol–water partition coefficient (Wildman–Crippen LogP) is 2.73. The number of hydrogen-bond donors (Lipinski definition) is 2. The van der Waals surface area contributed by atoms with Crippen molar-refractivity contribution in [2.45, 2.75) is 0 Å². The van der Waals surface area contributed by atoms with Crippen molar-refractivity contribution in [1.29, 1.82) is 5.26 Å². The van der Waals surface area contributed by atoms with Gasteiger partial charge in [0.15, 0.2) is 0 Å². The van der Waals surface area contributed by atoms with Gasteiger partial charge in [-0.15, -0.1) is 4.91 Å². The number of phosphoric ester groups is 1. The van der Waals surface area contributed by atoms with E-state index < -0.39 is 13.4 Å². The Balaban J connectivity index is 2.32. The number of hydrogen-bond acceptors (Lipinski definition) is 6. The van der Waals surface area contributed by atoms with Crippen molar-refractivity contribution in [3.8, 4) is 17.5 Å². The van der Waals surface area contributed by atoms with Gasteiger partial charge in [0.1, 0.15) is 23.1 Å². The van der Waals surface area contributed by atoms with E-state index in [-0.39, 0.29) is 22.5 Å². The normalized spacial score (nSPS) is 11.1. The molecular formula is C16H10N3O6P. The Kier molecular flexibility index (Phi) is 4.40. The van der Waals surface area contributed by atoms with E-state index in [4.69, 9.17) is 9.79 Å². The van der Waals surface area contributed by atoms with E-state index in [0.29, 0.717) is 11.1 Å². The Morgan fingerprint density at radius 1 is 1.12 bits per heavy atom. The summed E-state index contributed by atoms with van der Waals surface area (Å²) < 4.78 is 16.8. The molecule has 0 amide bonds. The number of benzene rings is 2. The van der Waals surface area contributed by atoms with Gasteiger partial charge >= 0.3 is 7.82 Å². The molecule has 0 saturated heterocycles. The van der Waals surface area contributed by atoms with Gasteiger partial charge in [-0.3, -0.25) is 19.1 Å². The number of phosphoric acid groups is 1. The van der Waals surface area contributed by atoms with Crippen molar-refractivity contribution in [3.05, 3.63) is 69.4 Å². The molecule has 3 aromatic rings. The maximum absolute atomic E-state index is 12.6. The lowest BCUT2D eigenvalue weighted by molar-refractivity contribution is 0.283. The number of nitroso groups, excluding NO2 is 1. The number of rotatable bonds is 4. The highest BCUT2D eigenvalue weighted by molar-refractivity contribution is 7.46. The third-order valence-corrected chi connectivity index (χ3v) is 3.98. The van der Waals surface area contributed by atoms with Gasteiger partial charge in [-0.25, -0.2) is 4.57 Å². The zero-order valence-corrected chi connectivity index (χ0v) is 13.8. The molecule has 0 aliphatic heterocycles. The molecule has 0 saturated carbocycles. The van der Waals surface area contributed by atoms with Crippen molar-refractivity contribution in [3.63, 3.8) is 0 Å². The smallest absolute Gasteiger partial charge is 0.404 e. The van der Waals surface area contributed by atoms with Crippen LogP contribution in [-0.4, -0.2) is 14.4 Å². The number of pyridine rings is 1. The highest BCUT2D eigenvalue weighted by atomic mass is 31.2. The summed E-state index contributed by atoms with van der Waals surface area (Å²) in [7, 11) is -4.78. The van der Waals surface area contributed by atoms with Crippen LogP contribution in [0.15, 0.2) is 58.5 Å². The van der Waals surface area contributed by atoms with Crippen LogP contribution in [0.2, 0.25) is 0 Å². The monoisotopic (exact) mass is 371 g/mol. The van der Waals surface area contributed by atoms with Crippen LogP contribution in [-0.2, 0) is 4.57 Å². The second-order valence-corrected chi connectivity index (χ2v) is 6.38. The fraction of sp³-hybridized carbons (Fsp3) is 0. The fourth-order valence-electron chi connectivity index (χ4n) is 2.48. The van der Waals surface area contributed by atoms with E-state index >= 15 is 0 Å². The van der Waals surface area contributed by atoms with Gasteiger partial charge in [0, 0.05) is 17.1 Å². The summed E-state index contributed by atoms with van der Waals surface area (Å²) in [4.78, 5) is 41.1. The van der Waals surface area contributed by atoms with Gasteiger partial charge in [-0.1, -0.05) is 0 Å². The third-order valence-electron chi connectivity index (χ3n) is 3.53. The van der Waals surface area contributed by atoms with Crippen molar-refractivity contribution >= 4 is 24.4 Å². The van der Waals surface area contributed by atoms with Crippen LogP contribution >= 0.6 is 7.82 Å². The van der Waals surface area contributed by atoms with Crippen molar-refractivity contribution in [1.82, 2.24) is 4.57 Å². The second kappa shape index (κ2) is 6.54. The molecule has 3 rings (SSSR count). The Hall–Kier alpha value is -3.31. The average molecular weight is 371 g/mol. The Labute approximate surface area is 145 Å². The minimum atomic E-state index is -4.78. The van der Waals surface area contributed by atoms with Crippen LogP contribution in [0.4, 0.5) is 5.69 Å². The zero-order chi connectivity index (χ0) is 18.9. The molecular weight excluding hydrogens is 361 g/mol. The van der Waals surface area contributed by atoms with Gasteiger partial charge < -0.3 is 4.52 Å². The molecule has 10 heteroatoms. The molecule has 0 bridgehead atoms. The molecule has 0 aliphatic carbocycles. The Morgan fingerprint density at radius 2 is 1.81 bits per heavy atom. The standard InChI is InChI=1S/C16H10N3O6P/c17-9-11-7-10-1-6-14(25-26(22,23)24)8-15(10)19(16(11)20)13-4-2-12(18-21)3-5-13/h1-8H,(H2,22,23,24). The van der Waals surface area contributed by atoms with Gasteiger partial charge in [0.25, 0.3) is 5.56 Å². The molecule has 0 unspecified atom stereocenters. The number of aromatic nitrogens is 1. The first-order valence-corrected chi connectivity index (χ1v) is 8.64. The zero-order valence-electron chi connectivity index (χ0n) is 12.9. The summed E-state index contributed by atoms with van der Waals surface area (Å²) >= 11 is 0. The SMILES string of the molecule is N#Cc1cc2ccc(OP(=O)(O)O)cc2n(-c2ccc(N=O)cc2)c1=O. The summed E-state index contributed by atoms with van der Waals surface area (Å²) in [6.45, 7) is 0. The second-order valence-electron chi connectivity index (χ2n) is 5.22. The molecule has 0 radical (unpaired) electrons.